The van der Waals surface area contributed by atoms with Crippen LogP contribution >= 0.6 is 0 Å². The quantitative estimate of drug-likeness (QED) is 0.745. The molecule has 1 aliphatic rings. The van der Waals surface area contributed by atoms with Crippen LogP contribution in [-0.4, -0.2) is 42.7 Å². The van der Waals surface area contributed by atoms with E-state index in [1.165, 1.54) is 23.0 Å². The van der Waals surface area contributed by atoms with E-state index in [9.17, 15) is 4.79 Å². The summed E-state index contributed by atoms with van der Waals surface area (Å²) in [4.78, 5) is 23.1. The maximum atomic E-state index is 12.8. The third-order valence-corrected chi connectivity index (χ3v) is 5.23. The van der Waals surface area contributed by atoms with Gasteiger partial charge in [-0.3, -0.25) is 9.89 Å². The zero-order valence-corrected chi connectivity index (χ0v) is 15.5. The molecule has 1 unspecified atom stereocenters. The fourth-order valence-electron chi connectivity index (χ4n) is 3.65. The normalized spacial score (nSPS) is 16.8. The molecular weight excluding hydrogens is 344 g/mol. The molecule has 0 spiro atoms. The molecule has 27 heavy (non-hydrogen) atoms. The Labute approximate surface area is 157 Å². The van der Waals surface area contributed by atoms with Gasteiger partial charge in [-0.1, -0.05) is 23.4 Å². The maximum Gasteiger partial charge on any atom is 0.239 e. The second-order valence-electron chi connectivity index (χ2n) is 6.88. The number of nitrogens with one attached hydrogen (secondary N) is 1. The van der Waals surface area contributed by atoms with Crippen molar-refractivity contribution >= 4 is 5.91 Å². The Kier molecular flexibility index (Phi) is 4.70. The third kappa shape index (κ3) is 3.47. The first-order valence-electron chi connectivity index (χ1n) is 9.17. The number of aromatic nitrogens is 5. The first-order valence-corrected chi connectivity index (χ1v) is 9.17. The Morgan fingerprint density at radius 3 is 3.07 bits per heavy atom. The number of H-pyrrole nitrogens is 1. The van der Waals surface area contributed by atoms with Crippen LogP contribution in [0.3, 0.4) is 0 Å². The van der Waals surface area contributed by atoms with Gasteiger partial charge in [0.05, 0.1) is 6.04 Å². The lowest BCUT2D eigenvalue weighted by Gasteiger charge is -2.27. The van der Waals surface area contributed by atoms with Crippen molar-refractivity contribution in [3.8, 4) is 11.6 Å². The molecule has 1 N–H and O–H groups in total. The van der Waals surface area contributed by atoms with Gasteiger partial charge in [0.25, 0.3) is 0 Å². The number of hydrogen-bond acceptors (Lipinski definition) is 6. The van der Waals surface area contributed by atoms with Crippen LogP contribution in [0.2, 0.25) is 0 Å². The molecule has 1 fully saturated rings. The van der Waals surface area contributed by atoms with Crippen molar-refractivity contribution < 1.29 is 9.32 Å². The van der Waals surface area contributed by atoms with Crippen LogP contribution in [0.1, 0.15) is 47.9 Å². The van der Waals surface area contributed by atoms with Crippen molar-refractivity contribution in [2.24, 2.45) is 0 Å². The number of hydrogen-bond donors (Lipinski definition) is 1. The van der Waals surface area contributed by atoms with Crippen LogP contribution in [-0.2, 0) is 11.2 Å². The summed E-state index contributed by atoms with van der Waals surface area (Å²) < 4.78 is 5.23. The number of aryl methyl sites for hydroxylation is 2. The van der Waals surface area contributed by atoms with Gasteiger partial charge >= 0.3 is 0 Å². The molecule has 140 valence electrons. The summed E-state index contributed by atoms with van der Waals surface area (Å²) in [5.41, 5.74) is 3.79. The SMILES string of the molecule is Cc1cccc(C2CCCN2C(=O)CCc2nc(-c3ncn[nH]3)no2)c1C. The van der Waals surface area contributed by atoms with Crippen molar-refractivity contribution in [3.05, 3.63) is 47.1 Å². The number of rotatable bonds is 5. The second kappa shape index (κ2) is 7.30. The Hall–Kier alpha value is -3.03. The Balaban J connectivity index is 1.42. The van der Waals surface area contributed by atoms with Gasteiger partial charge in [0, 0.05) is 19.4 Å². The second-order valence-corrected chi connectivity index (χ2v) is 6.88. The highest BCUT2D eigenvalue weighted by Crippen LogP contribution is 2.35. The average molecular weight is 366 g/mol. The minimum absolute atomic E-state index is 0.123. The van der Waals surface area contributed by atoms with Crippen LogP contribution in [0, 0.1) is 13.8 Å². The molecular formula is C19H22N6O2. The molecule has 3 heterocycles. The standard InChI is InChI=1S/C19H22N6O2/c1-12-5-3-6-14(13(12)2)15-7-4-10-25(15)17(26)9-8-16-22-19(24-27-16)18-20-11-21-23-18/h3,5-6,11,15H,4,7-10H2,1-2H3,(H,20,21,23). The molecule has 0 saturated carbocycles. The van der Waals surface area contributed by atoms with E-state index in [-0.39, 0.29) is 11.9 Å². The van der Waals surface area contributed by atoms with Crippen LogP contribution in [0.25, 0.3) is 11.6 Å². The average Bonchev–Trinajstić information content (AvgIpc) is 3.42. The van der Waals surface area contributed by atoms with E-state index in [0.29, 0.717) is 30.4 Å². The number of nitrogens with zero attached hydrogens (tertiary/aromatic N) is 5. The first-order chi connectivity index (χ1) is 13.1. The van der Waals surface area contributed by atoms with Gasteiger partial charge in [0.1, 0.15) is 6.33 Å². The van der Waals surface area contributed by atoms with Crippen molar-refractivity contribution in [2.45, 2.75) is 45.6 Å². The van der Waals surface area contributed by atoms with Gasteiger partial charge in [-0.25, -0.2) is 4.98 Å². The molecule has 1 aromatic carbocycles. The monoisotopic (exact) mass is 366 g/mol. The zero-order valence-electron chi connectivity index (χ0n) is 15.5. The summed E-state index contributed by atoms with van der Waals surface area (Å²) in [5.74, 6) is 1.35. The smallest absolute Gasteiger partial charge is 0.239 e. The zero-order chi connectivity index (χ0) is 18.8. The predicted molar refractivity (Wildman–Crippen MR) is 97.6 cm³/mol. The third-order valence-electron chi connectivity index (χ3n) is 5.23. The summed E-state index contributed by atoms with van der Waals surface area (Å²) in [6, 6.07) is 6.48. The van der Waals surface area contributed by atoms with Gasteiger partial charge in [-0.2, -0.15) is 10.1 Å². The van der Waals surface area contributed by atoms with E-state index < -0.39 is 0 Å². The molecule has 4 rings (SSSR count). The molecule has 3 aromatic rings. The lowest BCUT2D eigenvalue weighted by atomic mass is 9.96. The van der Waals surface area contributed by atoms with Gasteiger partial charge in [-0.05, 0) is 43.4 Å². The number of carbonyl (C=O) groups is 1. The molecule has 8 heteroatoms. The number of likely N-dealkylation sites (tertiary alicyclic amines) is 1. The highest BCUT2D eigenvalue weighted by Gasteiger charge is 2.31. The van der Waals surface area contributed by atoms with E-state index in [0.717, 1.165) is 19.4 Å². The van der Waals surface area contributed by atoms with Gasteiger partial charge in [0.15, 0.2) is 5.82 Å². The minimum atomic E-state index is 0.123. The molecule has 1 atom stereocenters. The summed E-state index contributed by atoms with van der Waals surface area (Å²) in [5, 5.41) is 10.3. The van der Waals surface area contributed by atoms with Gasteiger partial charge in [0.2, 0.25) is 17.6 Å². The number of amides is 1. The van der Waals surface area contributed by atoms with E-state index in [4.69, 9.17) is 4.52 Å². The van der Waals surface area contributed by atoms with Gasteiger partial charge in [-0.15, -0.1) is 0 Å². The Bertz CT molecular complexity index is 934. The number of aromatic amines is 1. The van der Waals surface area contributed by atoms with Gasteiger partial charge < -0.3 is 9.42 Å². The summed E-state index contributed by atoms with van der Waals surface area (Å²) in [6.07, 6.45) is 4.18. The highest BCUT2D eigenvalue weighted by atomic mass is 16.5. The van der Waals surface area contributed by atoms with Crippen molar-refractivity contribution in [2.75, 3.05) is 6.54 Å². The van der Waals surface area contributed by atoms with E-state index >= 15 is 0 Å². The topological polar surface area (TPSA) is 101 Å². The molecule has 0 radical (unpaired) electrons. The van der Waals surface area contributed by atoms with Crippen molar-refractivity contribution in [3.63, 3.8) is 0 Å². The number of benzene rings is 1. The van der Waals surface area contributed by atoms with Crippen molar-refractivity contribution in [1.29, 1.82) is 0 Å². The van der Waals surface area contributed by atoms with E-state index in [1.54, 1.807) is 0 Å². The molecule has 2 aromatic heterocycles. The maximum absolute atomic E-state index is 12.8. The summed E-state index contributed by atoms with van der Waals surface area (Å²) in [7, 11) is 0. The Morgan fingerprint density at radius 1 is 1.37 bits per heavy atom. The fraction of sp³-hybridized carbons (Fsp3) is 0.421. The highest BCUT2D eigenvalue weighted by molar-refractivity contribution is 5.77. The first kappa shape index (κ1) is 17.4. The molecule has 0 aliphatic carbocycles. The molecule has 1 amide bonds. The number of carbonyl (C=O) groups excluding carboxylic acids is 1. The summed E-state index contributed by atoms with van der Waals surface area (Å²) >= 11 is 0. The largest absolute Gasteiger partial charge is 0.339 e. The van der Waals surface area contributed by atoms with Crippen LogP contribution in [0.15, 0.2) is 29.0 Å². The molecule has 1 aliphatic heterocycles. The van der Waals surface area contributed by atoms with Crippen LogP contribution in [0.5, 0.6) is 0 Å². The van der Waals surface area contributed by atoms with Crippen LogP contribution in [0.4, 0.5) is 0 Å². The molecule has 1 saturated heterocycles. The Morgan fingerprint density at radius 2 is 2.26 bits per heavy atom. The predicted octanol–water partition coefficient (Wildman–Crippen LogP) is 2.77. The lowest BCUT2D eigenvalue weighted by molar-refractivity contribution is -0.132. The van der Waals surface area contributed by atoms with E-state index in [1.807, 2.05) is 4.90 Å². The summed E-state index contributed by atoms with van der Waals surface area (Å²) in [6.45, 7) is 5.04. The fourth-order valence-corrected chi connectivity index (χ4v) is 3.65. The molecule has 8 nitrogen and oxygen atoms in total. The van der Waals surface area contributed by atoms with Crippen LogP contribution < -0.4 is 0 Å². The lowest BCUT2D eigenvalue weighted by Crippen LogP contribution is -2.31. The minimum Gasteiger partial charge on any atom is -0.339 e. The molecule has 0 bridgehead atoms. The van der Waals surface area contributed by atoms with Crippen molar-refractivity contribution in [1.82, 2.24) is 30.2 Å². The van der Waals surface area contributed by atoms with E-state index in [2.05, 4.69) is 57.4 Å².